The van der Waals surface area contributed by atoms with Crippen molar-refractivity contribution in [1.29, 1.82) is 0 Å². The van der Waals surface area contributed by atoms with Gasteiger partial charge in [-0.25, -0.2) is 4.79 Å². The Kier molecular flexibility index (Phi) is 6.92. The first-order valence-electron chi connectivity index (χ1n) is 10.8. The standard InChI is InChI=1S/C26H27NO3S/c28-25(23-16-21-8-3-4-9-22(21)17-23)27-24(26(29)30-12-5-13-31)15-18-10-11-19-6-1-2-7-20(19)14-18/h1-4,6-11,14,23-24,31H,5,12-13,15-17H2,(H,27,28)/t24-/m1/s1. The van der Waals surface area contributed by atoms with Crippen molar-refractivity contribution >= 4 is 35.3 Å². The monoisotopic (exact) mass is 433 g/mol. The second-order valence-corrected chi connectivity index (χ2v) is 8.51. The minimum absolute atomic E-state index is 0.0897. The molecular weight excluding hydrogens is 406 g/mol. The summed E-state index contributed by atoms with van der Waals surface area (Å²) in [6.07, 6.45) is 2.50. The molecule has 1 atom stereocenters. The van der Waals surface area contributed by atoms with E-state index < -0.39 is 6.04 Å². The SMILES string of the molecule is O=C(N[C@H](Cc1ccc2ccccc2c1)C(=O)OCCCS)C1Cc2ccccc2C1. The van der Waals surface area contributed by atoms with Crippen molar-refractivity contribution in [2.75, 3.05) is 12.4 Å². The summed E-state index contributed by atoms with van der Waals surface area (Å²) in [6.45, 7) is 0.307. The fourth-order valence-electron chi connectivity index (χ4n) is 4.17. The molecule has 31 heavy (non-hydrogen) atoms. The number of fused-ring (bicyclic) bond motifs is 2. The van der Waals surface area contributed by atoms with Gasteiger partial charge in [0, 0.05) is 12.3 Å². The number of hydrogen-bond acceptors (Lipinski definition) is 4. The molecule has 0 unspecified atom stereocenters. The topological polar surface area (TPSA) is 55.4 Å². The van der Waals surface area contributed by atoms with Gasteiger partial charge >= 0.3 is 5.97 Å². The van der Waals surface area contributed by atoms with Gasteiger partial charge in [-0.05, 0) is 52.5 Å². The van der Waals surface area contributed by atoms with Crippen LogP contribution in [-0.4, -0.2) is 30.3 Å². The first-order valence-corrected chi connectivity index (χ1v) is 11.4. The number of benzene rings is 3. The van der Waals surface area contributed by atoms with E-state index in [2.05, 4.69) is 42.2 Å². The molecule has 160 valence electrons. The van der Waals surface area contributed by atoms with E-state index in [0.717, 1.165) is 16.3 Å². The van der Waals surface area contributed by atoms with Crippen molar-refractivity contribution in [1.82, 2.24) is 5.32 Å². The predicted molar refractivity (Wildman–Crippen MR) is 126 cm³/mol. The largest absolute Gasteiger partial charge is 0.464 e. The number of amides is 1. The summed E-state index contributed by atoms with van der Waals surface area (Å²) < 4.78 is 5.43. The maximum absolute atomic E-state index is 13.0. The molecule has 0 saturated heterocycles. The fourth-order valence-corrected chi connectivity index (χ4v) is 4.30. The van der Waals surface area contributed by atoms with Crippen LogP contribution in [0.4, 0.5) is 0 Å². The Balaban J connectivity index is 1.48. The molecule has 0 fully saturated rings. The molecule has 1 aliphatic rings. The molecular formula is C26H27NO3S. The predicted octanol–water partition coefficient (Wildman–Crippen LogP) is 4.15. The van der Waals surface area contributed by atoms with Gasteiger partial charge in [-0.2, -0.15) is 12.6 Å². The first-order chi connectivity index (χ1) is 15.1. The average molecular weight is 434 g/mol. The molecule has 0 aliphatic heterocycles. The lowest BCUT2D eigenvalue weighted by atomic mass is 10.00. The second-order valence-electron chi connectivity index (χ2n) is 8.07. The number of ether oxygens (including phenoxy) is 1. The van der Waals surface area contributed by atoms with E-state index in [1.165, 1.54) is 11.1 Å². The summed E-state index contributed by atoms with van der Waals surface area (Å²) in [6, 6.07) is 21.7. The molecule has 4 rings (SSSR count). The Bertz CT molecular complexity index is 1060. The lowest BCUT2D eigenvalue weighted by Gasteiger charge is -2.20. The van der Waals surface area contributed by atoms with Crippen LogP contribution in [0.3, 0.4) is 0 Å². The number of rotatable bonds is 8. The van der Waals surface area contributed by atoms with Gasteiger partial charge < -0.3 is 10.1 Å². The lowest BCUT2D eigenvalue weighted by molar-refractivity contribution is -0.148. The van der Waals surface area contributed by atoms with Crippen LogP contribution in [0.2, 0.25) is 0 Å². The maximum atomic E-state index is 13.0. The van der Waals surface area contributed by atoms with Crippen LogP contribution in [-0.2, 0) is 33.6 Å². The van der Waals surface area contributed by atoms with Gasteiger partial charge in [-0.3, -0.25) is 4.79 Å². The molecule has 4 nitrogen and oxygen atoms in total. The van der Waals surface area contributed by atoms with Crippen LogP contribution >= 0.6 is 12.6 Å². The number of hydrogen-bond donors (Lipinski definition) is 2. The molecule has 1 aliphatic carbocycles. The van der Waals surface area contributed by atoms with Gasteiger partial charge in [0.15, 0.2) is 0 Å². The van der Waals surface area contributed by atoms with Crippen molar-refractivity contribution in [3.05, 3.63) is 83.4 Å². The molecule has 0 aromatic heterocycles. The number of carbonyl (C=O) groups is 2. The molecule has 0 heterocycles. The third kappa shape index (κ3) is 5.28. The minimum atomic E-state index is -0.711. The third-order valence-corrected chi connectivity index (χ3v) is 6.14. The zero-order valence-electron chi connectivity index (χ0n) is 17.4. The molecule has 3 aromatic rings. The second kappa shape index (κ2) is 10.0. The summed E-state index contributed by atoms with van der Waals surface area (Å²) in [5.41, 5.74) is 3.42. The summed E-state index contributed by atoms with van der Waals surface area (Å²) in [5, 5.41) is 5.24. The third-order valence-electron chi connectivity index (χ3n) is 5.82. The highest BCUT2D eigenvalue weighted by Gasteiger charge is 2.31. The van der Waals surface area contributed by atoms with Crippen LogP contribution in [0.25, 0.3) is 10.8 Å². The highest BCUT2D eigenvalue weighted by Crippen LogP contribution is 2.27. The van der Waals surface area contributed by atoms with Crippen LogP contribution in [0, 0.1) is 5.92 Å². The van der Waals surface area contributed by atoms with E-state index >= 15 is 0 Å². The van der Waals surface area contributed by atoms with Crippen LogP contribution in [0.15, 0.2) is 66.7 Å². The van der Waals surface area contributed by atoms with Crippen LogP contribution in [0.1, 0.15) is 23.1 Å². The Morgan fingerprint density at radius 1 is 0.968 bits per heavy atom. The number of carbonyl (C=O) groups excluding carboxylic acids is 2. The molecule has 0 spiro atoms. The van der Waals surface area contributed by atoms with Gasteiger partial charge in [0.05, 0.1) is 6.61 Å². The number of esters is 1. The number of thiol groups is 1. The summed E-state index contributed by atoms with van der Waals surface area (Å²) >= 11 is 4.17. The van der Waals surface area contributed by atoms with E-state index in [4.69, 9.17) is 4.74 Å². The highest BCUT2D eigenvalue weighted by atomic mass is 32.1. The fraction of sp³-hybridized carbons (Fsp3) is 0.308. The Morgan fingerprint density at radius 3 is 2.35 bits per heavy atom. The van der Waals surface area contributed by atoms with E-state index in [1.54, 1.807) is 0 Å². The molecule has 0 bridgehead atoms. The van der Waals surface area contributed by atoms with Gasteiger partial charge in [0.2, 0.25) is 5.91 Å². The van der Waals surface area contributed by atoms with Crippen molar-refractivity contribution in [3.8, 4) is 0 Å². The lowest BCUT2D eigenvalue weighted by Crippen LogP contribution is -2.46. The van der Waals surface area contributed by atoms with E-state index in [0.29, 0.717) is 38.0 Å². The van der Waals surface area contributed by atoms with E-state index in [-0.39, 0.29) is 17.8 Å². The van der Waals surface area contributed by atoms with Crippen molar-refractivity contribution < 1.29 is 14.3 Å². The normalized spacial score (nSPS) is 14.2. The molecule has 3 aromatic carbocycles. The maximum Gasteiger partial charge on any atom is 0.328 e. The van der Waals surface area contributed by atoms with Crippen LogP contribution in [0.5, 0.6) is 0 Å². The Hall–Kier alpha value is -2.79. The zero-order chi connectivity index (χ0) is 21.6. The van der Waals surface area contributed by atoms with Gasteiger partial charge in [0.1, 0.15) is 6.04 Å². The van der Waals surface area contributed by atoms with Gasteiger partial charge in [-0.15, -0.1) is 0 Å². The molecule has 0 saturated carbocycles. The first kappa shape index (κ1) is 21.4. The average Bonchev–Trinajstić information content (AvgIpc) is 3.23. The summed E-state index contributed by atoms with van der Waals surface area (Å²) in [4.78, 5) is 25.8. The number of nitrogens with one attached hydrogen (secondary N) is 1. The molecule has 1 N–H and O–H groups in total. The van der Waals surface area contributed by atoms with Crippen LogP contribution < -0.4 is 5.32 Å². The van der Waals surface area contributed by atoms with Gasteiger partial charge in [-0.1, -0.05) is 66.7 Å². The highest BCUT2D eigenvalue weighted by molar-refractivity contribution is 7.80. The smallest absolute Gasteiger partial charge is 0.328 e. The van der Waals surface area contributed by atoms with E-state index in [1.807, 2.05) is 42.5 Å². The Labute approximate surface area is 188 Å². The molecule has 0 radical (unpaired) electrons. The van der Waals surface area contributed by atoms with Crippen molar-refractivity contribution in [2.45, 2.75) is 31.7 Å². The molecule has 5 heteroatoms. The summed E-state index contributed by atoms with van der Waals surface area (Å²) in [7, 11) is 0. The summed E-state index contributed by atoms with van der Waals surface area (Å²) in [5.74, 6) is 0.0173. The quantitative estimate of drug-likeness (QED) is 0.319. The zero-order valence-corrected chi connectivity index (χ0v) is 18.3. The van der Waals surface area contributed by atoms with Gasteiger partial charge in [0.25, 0.3) is 0 Å². The van der Waals surface area contributed by atoms with Crippen molar-refractivity contribution in [3.63, 3.8) is 0 Å². The van der Waals surface area contributed by atoms with E-state index in [9.17, 15) is 9.59 Å². The Morgan fingerprint density at radius 2 is 1.65 bits per heavy atom. The minimum Gasteiger partial charge on any atom is -0.464 e. The molecule has 1 amide bonds. The van der Waals surface area contributed by atoms with Crippen molar-refractivity contribution in [2.24, 2.45) is 5.92 Å².